The molecule has 98 valence electrons. The summed E-state index contributed by atoms with van der Waals surface area (Å²) in [6.45, 7) is 8.52. The Bertz CT molecular complexity index is 382. The molecule has 0 spiro atoms. The third-order valence-corrected chi connectivity index (χ3v) is 4.40. The second kappa shape index (κ2) is 5.63. The van der Waals surface area contributed by atoms with Gasteiger partial charge in [0.05, 0.1) is 16.4 Å². The van der Waals surface area contributed by atoms with Crippen LogP contribution in [-0.4, -0.2) is 26.3 Å². The highest BCUT2D eigenvalue weighted by Gasteiger charge is 2.17. The molecule has 0 bridgehead atoms. The lowest BCUT2D eigenvalue weighted by Gasteiger charge is -2.20. The highest BCUT2D eigenvalue weighted by molar-refractivity contribution is 8.00. The molecule has 2 N–H and O–H groups in total. The fraction of sp³-hybridized carbons (Fsp3) is 0.750. The highest BCUT2D eigenvalue weighted by atomic mass is 35.5. The summed E-state index contributed by atoms with van der Waals surface area (Å²) in [5.41, 5.74) is 8.05. The van der Waals surface area contributed by atoms with Crippen molar-refractivity contribution in [2.45, 2.75) is 44.9 Å². The Morgan fingerprint density at radius 3 is 2.47 bits per heavy atom. The van der Waals surface area contributed by atoms with Crippen LogP contribution in [0, 0.1) is 6.92 Å². The van der Waals surface area contributed by atoms with Crippen LogP contribution in [0.15, 0.2) is 0 Å². The molecule has 0 aromatic carbocycles. The van der Waals surface area contributed by atoms with Gasteiger partial charge in [0.1, 0.15) is 0 Å². The average Bonchev–Trinajstić information content (AvgIpc) is 2.41. The first-order valence-corrected chi connectivity index (χ1v) is 7.14. The van der Waals surface area contributed by atoms with Gasteiger partial charge in [-0.3, -0.25) is 4.68 Å². The van der Waals surface area contributed by atoms with Gasteiger partial charge in [-0.15, -0.1) is 0 Å². The third-order valence-electron chi connectivity index (χ3n) is 2.45. The Morgan fingerprint density at radius 2 is 2.06 bits per heavy atom. The zero-order valence-electron chi connectivity index (χ0n) is 11.2. The van der Waals surface area contributed by atoms with E-state index in [-0.39, 0.29) is 10.8 Å². The number of nitrogens with zero attached hydrogens (tertiary/aromatic N) is 2. The van der Waals surface area contributed by atoms with E-state index in [1.54, 1.807) is 0 Å². The first-order chi connectivity index (χ1) is 7.70. The predicted octanol–water partition coefficient (Wildman–Crippen LogP) is 2.78. The molecule has 1 rings (SSSR count). The summed E-state index contributed by atoms with van der Waals surface area (Å²) in [5.74, 6) is 0.935. The zero-order valence-corrected chi connectivity index (χ0v) is 12.8. The van der Waals surface area contributed by atoms with Gasteiger partial charge in [-0.25, -0.2) is 0 Å². The predicted molar refractivity (Wildman–Crippen MR) is 76.8 cm³/mol. The third kappa shape index (κ3) is 4.53. The van der Waals surface area contributed by atoms with Crippen molar-refractivity contribution in [2.24, 2.45) is 12.8 Å². The van der Waals surface area contributed by atoms with Crippen molar-refractivity contribution in [3.05, 3.63) is 16.4 Å². The molecule has 17 heavy (non-hydrogen) atoms. The lowest BCUT2D eigenvalue weighted by Crippen LogP contribution is -2.29. The van der Waals surface area contributed by atoms with Gasteiger partial charge in [-0.1, -0.05) is 32.4 Å². The van der Waals surface area contributed by atoms with Crippen molar-refractivity contribution in [3.8, 4) is 0 Å². The van der Waals surface area contributed by atoms with Crippen molar-refractivity contribution >= 4 is 23.4 Å². The van der Waals surface area contributed by atoms with Crippen LogP contribution < -0.4 is 5.73 Å². The first kappa shape index (κ1) is 14.9. The Hall–Kier alpha value is -0.190. The number of hydrogen-bond acceptors (Lipinski definition) is 3. The number of hydrogen-bond donors (Lipinski definition) is 1. The van der Waals surface area contributed by atoms with Crippen molar-refractivity contribution in [2.75, 3.05) is 5.75 Å². The molecular weight excluding hydrogens is 254 g/mol. The first-order valence-electron chi connectivity index (χ1n) is 5.78. The molecule has 0 aliphatic carbocycles. The van der Waals surface area contributed by atoms with Crippen molar-refractivity contribution in [1.29, 1.82) is 0 Å². The molecule has 5 heteroatoms. The number of rotatable bonds is 4. The minimum Gasteiger partial charge on any atom is -0.327 e. The molecule has 0 saturated heterocycles. The molecule has 0 aliphatic heterocycles. The fourth-order valence-electron chi connectivity index (χ4n) is 1.57. The van der Waals surface area contributed by atoms with Crippen molar-refractivity contribution in [3.63, 3.8) is 0 Å². The maximum absolute atomic E-state index is 6.20. The summed E-state index contributed by atoms with van der Waals surface area (Å²) in [6, 6.07) is 0.117. The SMILES string of the molecule is Cc1nn(C)c(CC(N)CSC(C)(C)C)c1Cl. The zero-order chi connectivity index (χ0) is 13.2. The van der Waals surface area contributed by atoms with E-state index < -0.39 is 0 Å². The maximum atomic E-state index is 6.20. The summed E-state index contributed by atoms with van der Waals surface area (Å²) in [7, 11) is 1.91. The fourth-order valence-corrected chi connectivity index (χ4v) is 2.64. The molecule has 3 nitrogen and oxygen atoms in total. The normalized spacial score (nSPS) is 14.1. The van der Waals surface area contributed by atoms with E-state index in [1.807, 2.05) is 30.4 Å². The van der Waals surface area contributed by atoms with Gasteiger partial charge in [0.15, 0.2) is 0 Å². The standard InChI is InChI=1S/C12H22ClN3S/c1-8-11(13)10(16(5)15-8)6-9(14)7-17-12(2,3)4/h9H,6-7,14H2,1-5H3. The molecule has 1 aromatic heterocycles. The number of halogens is 1. The number of nitrogens with two attached hydrogens (primary N) is 1. The van der Waals surface area contributed by atoms with E-state index in [0.717, 1.165) is 28.6 Å². The van der Waals surface area contributed by atoms with Crippen LogP contribution in [0.2, 0.25) is 5.02 Å². The summed E-state index contributed by atoms with van der Waals surface area (Å²) in [4.78, 5) is 0. The van der Waals surface area contributed by atoms with Crippen LogP contribution >= 0.6 is 23.4 Å². The van der Waals surface area contributed by atoms with Crippen LogP contribution in [-0.2, 0) is 13.5 Å². The summed E-state index contributed by atoms with van der Waals surface area (Å²) < 4.78 is 2.09. The minimum absolute atomic E-state index is 0.117. The van der Waals surface area contributed by atoms with Crippen LogP contribution in [0.3, 0.4) is 0 Å². The highest BCUT2D eigenvalue weighted by Crippen LogP contribution is 2.25. The molecule has 0 saturated carbocycles. The second-order valence-electron chi connectivity index (χ2n) is 5.36. The van der Waals surface area contributed by atoms with E-state index in [9.17, 15) is 0 Å². The summed E-state index contributed by atoms with van der Waals surface area (Å²) in [5, 5.41) is 5.05. The quantitative estimate of drug-likeness (QED) is 0.919. The number of thioether (sulfide) groups is 1. The van der Waals surface area contributed by atoms with Crippen molar-refractivity contribution in [1.82, 2.24) is 9.78 Å². The maximum Gasteiger partial charge on any atom is 0.0847 e. The average molecular weight is 276 g/mol. The van der Waals surface area contributed by atoms with Gasteiger partial charge in [-0.2, -0.15) is 16.9 Å². The Morgan fingerprint density at radius 1 is 1.47 bits per heavy atom. The van der Waals surface area contributed by atoms with Gasteiger partial charge < -0.3 is 5.73 Å². The monoisotopic (exact) mass is 275 g/mol. The van der Waals surface area contributed by atoms with Crippen LogP contribution in [0.5, 0.6) is 0 Å². The van der Waals surface area contributed by atoms with Crippen LogP contribution in [0.25, 0.3) is 0 Å². The van der Waals surface area contributed by atoms with Gasteiger partial charge in [-0.05, 0) is 6.92 Å². The molecule has 0 amide bonds. The van der Waals surface area contributed by atoms with E-state index in [2.05, 4.69) is 25.9 Å². The van der Waals surface area contributed by atoms with Crippen molar-refractivity contribution < 1.29 is 0 Å². The lowest BCUT2D eigenvalue weighted by atomic mass is 10.2. The Balaban J connectivity index is 2.59. The molecule has 1 atom stereocenters. The van der Waals surface area contributed by atoms with Gasteiger partial charge in [0, 0.05) is 30.0 Å². The van der Waals surface area contributed by atoms with E-state index in [0.29, 0.717) is 0 Å². The molecule has 0 aliphatic rings. The lowest BCUT2D eigenvalue weighted by molar-refractivity contribution is 0.650. The van der Waals surface area contributed by atoms with E-state index in [4.69, 9.17) is 17.3 Å². The minimum atomic E-state index is 0.117. The molecule has 1 heterocycles. The molecule has 0 radical (unpaired) electrons. The Kier molecular flexibility index (Phi) is 4.93. The van der Waals surface area contributed by atoms with Gasteiger partial charge in [0.25, 0.3) is 0 Å². The molecule has 1 aromatic rings. The smallest absolute Gasteiger partial charge is 0.0847 e. The van der Waals surface area contributed by atoms with Gasteiger partial charge >= 0.3 is 0 Å². The van der Waals surface area contributed by atoms with Crippen LogP contribution in [0.4, 0.5) is 0 Å². The molecular formula is C12H22ClN3S. The summed E-state index contributed by atoms with van der Waals surface area (Å²) in [6.07, 6.45) is 0.777. The largest absolute Gasteiger partial charge is 0.327 e. The van der Waals surface area contributed by atoms with E-state index >= 15 is 0 Å². The summed E-state index contributed by atoms with van der Waals surface area (Å²) >= 11 is 8.08. The second-order valence-corrected chi connectivity index (χ2v) is 7.58. The van der Waals surface area contributed by atoms with Crippen LogP contribution in [0.1, 0.15) is 32.2 Å². The molecule has 1 unspecified atom stereocenters. The number of aromatic nitrogens is 2. The topological polar surface area (TPSA) is 43.8 Å². The number of aryl methyl sites for hydroxylation is 2. The Labute approximate surface area is 113 Å². The molecule has 0 fully saturated rings. The van der Waals surface area contributed by atoms with E-state index in [1.165, 1.54) is 0 Å². The van der Waals surface area contributed by atoms with Gasteiger partial charge in [0.2, 0.25) is 0 Å².